The van der Waals surface area contributed by atoms with Crippen LogP contribution < -0.4 is 14.9 Å². The second-order valence-electron chi connectivity index (χ2n) is 6.30. The molecule has 132 valence electrons. The van der Waals surface area contributed by atoms with Crippen molar-refractivity contribution in [3.05, 3.63) is 52.3 Å². The quantitative estimate of drug-likeness (QED) is 0.836. The van der Waals surface area contributed by atoms with Gasteiger partial charge >= 0.3 is 0 Å². The lowest BCUT2D eigenvalue weighted by molar-refractivity contribution is 0.353. The molecule has 0 fully saturated rings. The molecule has 0 saturated carbocycles. The zero-order valence-corrected chi connectivity index (χ0v) is 14.8. The molecule has 1 N–H and O–H groups in total. The molecule has 0 saturated heterocycles. The molecule has 25 heavy (non-hydrogen) atoms. The monoisotopic (exact) mass is 341 g/mol. The number of ether oxygens (including phenoxy) is 2. The summed E-state index contributed by atoms with van der Waals surface area (Å²) < 4.78 is 12.9. The minimum Gasteiger partial charge on any atom is -0.508 e. The zero-order chi connectivity index (χ0) is 18.1. The number of pyridine rings is 1. The smallest absolute Gasteiger partial charge is 0.193 e. The highest BCUT2D eigenvalue weighted by Gasteiger charge is 2.26. The van der Waals surface area contributed by atoms with Crippen LogP contribution in [0, 0.1) is 0 Å². The van der Waals surface area contributed by atoms with Crippen LogP contribution in [0.2, 0.25) is 0 Å². The van der Waals surface area contributed by atoms with Crippen molar-refractivity contribution in [3.8, 4) is 22.8 Å². The van der Waals surface area contributed by atoms with Crippen LogP contribution in [-0.4, -0.2) is 23.9 Å². The van der Waals surface area contributed by atoms with Gasteiger partial charge in [0.2, 0.25) is 0 Å². The molecule has 0 amide bonds. The van der Waals surface area contributed by atoms with Gasteiger partial charge in [0.1, 0.15) is 5.76 Å². The van der Waals surface area contributed by atoms with Gasteiger partial charge in [0.25, 0.3) is 0 Å². The van der Waals surface area contributed by atoms with Crippen LogP contribution >= 0.6 is 0 Å². The maximum Gasteiger partial charge on any atom is 0.193 e. The van der Waals surface area contributed by atoms with E-state index in [4.69, 9.17) is 9.47 Å². The largest absolute Gasteiger partial charge is 0.508 e. The summed E-state index contributed by atoms with van der Waals surface area (Å²) in [5.41, 5.74) is 2.92. The molecule has 1 aliphatic heterocycles. The lowest BCUT2D eigenvalue weighted by Crippen LogP contribution is -2.23. The number of benzene rings is 1. The maximum absolute atomic E-state index is 12.4. The summed E-state index contributed by atoms with van der Waals surface area (Å²) in [6.07, 6.45) is 4.55. The summed E-state index contributed by atoms with van der Waals surface area (Å²) in [5, 5.41) is 9.72. The van der Waals surface area contributed by atoms with Crippen LogP contribution in [0.25, 0.3) is 17.0 Å². The van der Waals surface area contributed by atoms with Gasteiger partial charge in [-0.15, -0.1) is 0 Å². The highest BCUT2D eigenvalue weighted by atomic mass is 16.5. The Hall–Kier alpha value is -2.69. The van der Waals surface area contributed by atoms with Gasteiger partial charge in [-0.3, -0.25) is 4.79 Å². The molecule has 1 aliphatic rings. The molecular weight excluding hydrogens is 318 g/mol. The van der Waals surface area contributed by atoms with Gasteiger partial charge in [0.15, 0.2) is 16.9 Å². The normalized spacial score (nSPS) is 15.2. The highest BCUT2D eigenvalue weighted by Crippen LogP contribution is 2.41. The summed E-state index contributed by atoms with van der Waals surface area (Å²) in [6.45, 7) is 5.64. The predicted octanol–water partition coefficient (Wildman–Crippen LogP) is 3.96. The Labute approximate surface area is 147 Å². The molecule has 2 heterocycles. The Kier molecular flexibility index (Phi) is 4.57. The number of hydrogen-bond donors (Lipinski definition) is 1. The van der Waals surface area contributed by atoms with Gasteiger partial charge in [0.05, 0.1) is 25.5 Å². The van der Waals surface area contributed by atoms with Gasteiger partial charge in [0, 0.05) is 23.9 Å². The molecule has 0 aliphatic carbocycles. The third-order valence-corrected chi connectivity index (χ3v) is 4.75. The first-order valence-corrected chi connectivity index (χ1v) is 8.39. The lowest BCUT2D eigenvalue weighted by atomic mass is 9.90. The van der Waals surface area contributed by atoms with Crippen molar-refractivity contribution in [2.75, 3.05) is 14.2 Å². The van der Waals surface area contributed by atoms with Gasteiger partial charge in [-0.05, 0) is 30.5 Å². The summed E-state index contributed by atoms with van der Waals surface area (Å²) in [5.74, 6) is 1.12. The first kappa shape index (κ1) is 17.1. The Morgan fingerprint density at radius 2 is 1.96 bits per heavy atom. The Bertz CT molecular complexity index is 882. The van der Waals surface area contributed by atoms with E-state index in [0.29, 0.717) is 11.5 Å². The van der Waals surface area contributed by atoms with E-state index in [1.165, 1.54) is 0 Å². The van der Waals surface area contributed by atoms with Crippen LogP contribution in [-0.2, 0) is 6.42 Å². The molecule has 1 aromatic carbocycles. The molecule has 0 radical (unpaired) electrons. The van der Waals surface area contributed by atoms with Gasteiger partial charge in [-0.25, -0.2) is 0 Å². The molecule has 1 atom stereocenters. The van der Waals surface area contributed by atoms with Gasteiger partial charge < -0.3 is 19.1 Å². The van der Waals surface area contributed by atoms with E-state index in [-0.39, 0.29) is 22.8 Å². The third-order valence-electron chi connectivity index (χ3n) is 4.75. The highest BCUT2D eigenvalue weighted by molar-refractivity contribution is 5.72. The fourth-order valence-electron chi connectivity index (χ4n) is 3.54. The molecular formula is C20H23NO4. The van der Waals surface area contributed by atoms with Crippen molar-refractivity contribution in [2.45, 2.75) is 32.2 Å². The fourth-order valence-corrected chi connectivity index (χ4v) is 3.54. The summed E-state index contributed by atoms with van der Waals surface area (Å²) in [4.78, 5) is 12.4. The maximum atomic E-state index is 12.4. The number of aliphatic hydroxyl groups excluding tert-OH is 1. The summed E-state index contributed by atoms with van der Waals surface area (Å²) >= 11 is 0. The first-order chi connectivity index (χ1) is 12.0. The Balaban J connectivity index is 2.27. The summed E-state index contributed by atoms with van der Waals surface area (Å²) in [6, 6.07) is 5.69. The Morgan fingerprint density at radius 1 is 1.28 bits per heavy atom. The summed E-state index contributed by atoms with van der Waals surface area (Å²) in [7, 11) is 3.22. The van der Waals surface area contributed by atoms with Crippen molar-refractivity contribution in [3.63, 3.8) is 0 Å². The van der Waals surface area contributed by atoms with Crippen molar-refractivity contribution in [1.82, 2.24) is 4.57 Å². The molecule has 5 heteroatoms. The van der Waals surface area contributed by atoms with E-state index < -0.39 is 0 Å². The van der Waals surface area contributed by atoms with Crippen LogP contribution in [0.5, 0.6) is 11.5 Å². The average Bonchev–Trinajstić information content (AvgIpc) is 2.60. The number of aliphatic hydroxyl groups is 1. The predicted molar refractivity (Wildman–Crippen MR) is 98.6 cm³/mol. The number of fused-ring (bicyclic) bond motifs is 3. The molecule has 3 rings (SSSR count). The number of nitrogens with zero attached hydrogens (tertiary/aromatic N) is 1. The standard InChI is InChI=1S/C20H23NO4/c1-5-6-14-7-13-8-19(24-3)20(25-4)9-15(13)17-10-18(23)16(12(2)22)11-21(14)17/h8-11,14,22H,2,5-7H2,1,3-4H3. The second-order valence-corrected chi connectivity index (χ2v) is 6.30. The molecule has 2 aromatic rings. The number of aromatic nitrogens is 1. The van der Waals surface area contributed by atoms with Crippen molar-refractivity contribution >= 4 is 5.76 Å². The van der Waals surface area contributed by atoms with E-state index in [2.05, 4.69) is 18.1 Å². The van der Waals surface area contributed by atoms with Crippen molar-refractivity contribution in [1.29, 1.82) is 0 Å². The van der Waals surface area contributed by atoms with E-state index in [0.717, 1.165) is 36.1 Å². The van der Waals surface area contributed by atoms with Crippen LogP contribution in [0.3, 0.4) is 0 Å². The van der Waals surface area contributed by atoms with E-state index >= 15 is 0 Å². The lowest BCUT2D eigenvalue weighted by Gasteiger charge is -2.31. The van der Waals surface area contributed by atoms with Crippen molar-refractivity contribution < 1.29 is 14.6 Å². The minimum atomic E-state index is -0.239. The van der Waals surface area contributed by atoms with Crippen molar-refractivity contribution in [2.24, 2.45) is 0 Å². The number of hydrogen-bond acceptors (Lipinski definition) is 4. The molecule has 1 unspecified atom stereocenters. The molecule has 5 nitrogen and oxygen atoms in total. The second kappa shape index (κ2) is 6.67. The molecule has 0 bridgehead atoms. The van der Waals surface area contributed by atoms with Crippen LogP contribution in [0.4, 0.5) is 0 Å². The first-order valence-electron chi connectivity index (χ1n) is 8.39. The van der Waals surface area contributed by atoms with E-state index in [9.17, 15) is 9.90 Å². The SMILES string of the molecule is C=C(O)c1cn2c(cc1=O)-c1cc(OC)c(OC)cc1CC2CCC. The third kappa shape index (κ3) is 2.90. The molecule has 0 spiro atoms. The van der Waals surface area contributed by atoms with E-state index in [1.54, 1.807) is 26.5 Å². The van der Waals surface area contributed by atoms with Gasteiger partial charge in [-0.1, -0.05) is 19.9 Å². The minimum absolute atomic E-state index is 0.200. The topological polar surface area (TPSA) is 60.7 Å². The van der Waals surface area contributed by atoms with Gasteiger partial charge in [-0.2, -0.15) is 0 Å². The Morgan fingerprint density at radius 3 is 2.56 bits per heavy atom. The average molecular weight is 341 g/mol. The molecule has 1 aromatic heterocycles. The van der Waals surface area contributed by atoms with Crippen LogP contribution in [0.1, 0.15) is 36.9 Å². The van der Waals surface area contributed by atoms with Crippen LogP contribution in [0.15, 0.2) is 35.8 Å². The zero-order valence-electron chi connectivity index (χ0n) is 14.8. The number of methoxy groups -OCH3 is 2. The van der Waals surface area contributed by atoms with E-state index in [1.807, 2.05) is 12.1 Å². The number of rotatable bonds is 5. The fraction of sp³-hybridized carbons (Fsp3) is 0.350.